The molecule has 59 heavy (non-hydrogen) atoms. The Kier molecular flexibility index (Phi) is 14.7. The van der Waals surface area contributed by atoms with Crippen molar-refractivity contribution < 1.29 is 34.1 Å². The van der Waals surface area contributed by atoms with E-state index in [9.17, 15) is 29.4 Å². The number of methoxy groups -OCH3 is 1. The first-order valence-electron chi connectivity index (χ1n) is 19.9. The summed E-state index contributed by atoms with van der Waals surface area (Å²) in [6.07, 6.45) is 0.892. The molecule has 6 rings (SSSR count). The lowest BCUT2D eigenvalue weighted by Crippen LogP contribution is -2.40. The lowest BCUT2D eigenvalue weighted by Gasteiger charge is -2.31. The first kappa shape index (κ1) is 42.4. The fourth-order valence-electron chi connectivity index (χ4n) is 7.24. The first-order valence-corrected chi connectivity index (χ1v) is 19.9. The minimum Gasteiger partial charge on any atom is -0.506 e. The number of rotatable bonds is 17. The highest BCUT2D eigenvalue weighted by atomic mass is 16.6. The summed E-state index contributed by atoms with van der Waals surface area (Å²) >= 11 is 0. The maximum Gasteiger partial charge on any atom is 0.411 e. The second kappa shape index (κ2) is 20.5. The Bertz CT molecular complexity index is 2270. The number of carbonyl (C=O) groups is 3. The van der Waals surface area contributed by atoms with Crippen LogP contribution in [0.1, 0.15) is 49.3 Å². The van der Waals surface area contributed by atoms with Crippen LogP contribution in [0.15, 0.2) is 102 Å². The lowest BCUT2D eigenvalue weighted by atomic mass is 10.0. The number of ether oxygens (including phenoxy) is 2. The standard InChI is InChI=1S/C45H52N6O8/c1-50(43(56)22-26-51-24-20-33(21-25-51)59-45(57)48-37-12-7-6-11-34(37)30-9-4-3-5-10-30)23-8-13-41(54)47-32-15-14-31(40(27-32)58-2)28-46-29-39(53)35-16-18-38(52)44-36(35)17-19-42(55)49-44/h3-7,9-12,14-19,27,33,39,46,52-53H,8,13,20-26,28-29H2,1-2H3,(H,47,54)(H,48,57)(H,49,55)/t39-/m1/s1. The average molecular weight is 805 g/mol. The molecular formula is C45H52N6O8. The summed E-state index contributed by atoms with van der Waals surface area (Å²) in [7, 11) is 3.29. The number of pyridine rings is 1. The van der Waals surface area contributed by atoms with E-state index in [0.29, 0.717) is 73.4 Å². The number of carbonyl (C=O) groups excluding carboxylic acids is 3. The number of benzene rings is 4. The summed E-state index contributed by atoms with van der Waals surface area (Å²) in [5.41, 5.74) is 4.51. The third-order valence-electron chi connectivity index (χ3n) is 10.5. The minimum atomic E-state index is -0.912. The maximum absolute atomic E-state index is 12.9. The number of fused-ring (bicyclic) bond motifs is 1. The van der Waals surface area contributed by atoms with Crippen molar-refractivity contribution >= 4 is 40.2 Å². The fourth-order valence-corrected chi connectivity index (χ4v) is 7.24. The van der Waals surface area contributed by atoms with E-state index in [1.54, 1.807) is 43.3 Å². The summed E-state index contributed by atoms with van der Waals surface area (Å²) in [6, 6.07) is 28.8. The van der Waals surface area contributed by atoms with E-state index in [1.165, 1.54) is 12.1 Å². The highest BCUT2D eigenvalue weighted by molar-refractivity contribution is 5.92. The van der Waals surface area contributed by atoms with Crippen LogP contribution in [0.25, 0.3) is 22.0 Å². The molecule has 1 aliphatic heterocycles. The van der Waals surface area contributed by atoms with Crippen LogP contribution in [0, 0.1) is 0 Å². The number of amides is 3. The van der Waals surface area contributed by atoms with Gasteiger partial charge >= 0.3 is 6.09 Å². The number of H-pyrrole nitrogens is 1. The van der Waals surface area contributed by atoms with Crippen molar-refractivity contribution in [3.63, 3.8) is 0 Å². The van der Waals surface area contributed by atoms with E-state index >= 15 is 0 Å². The number of nitrogens with zero attached hydrogens (tertiary/aromatic N) is 2. The third kappa shape index (κ3) is 11.7. The number of nitrogens with one attached hydrogen (secondary N) is 4. The number of para-hydroxylation sites is 1. The number of phenolic OH excluding ortho intramolecular Hbond substituents is 1. The molecule has 1 aromatic heterocycles. The molecule has 4 aromatic carbocycles. The number of aromatic nitrogens is 1. The van der Waals surface area contributed by atoms with Gasteiger partial charge < -0.3 is 45.1 Å². The Balaban J connectivity index is 0.860. The number of hydrogen-bond acceptors (Lipinski definition) is 10. The van der Waals surface area contributed by atoms with Gasteiger partial charge in [-0.15, -0.1) is 0 Å². The Morgan fingerprint density at radius 2 is 1.69 bits per heavy atom. The highest BCUT2D eigenvalue weighted by Crippen LogP contribution is 2.30. The number of phenols is 1. The van der Waals surface area contributed by atoms with Gasteiger partial charge in [0, 0.05) is 93.5 Å². The van der Waals surface area contributed by atoms with Gasteiger partial charge in [-0.3, -0.25) is 19.7 Å². The van der Waals surface area contributed by atoms with Crippen LogP contribution in [-0.4, -0.2) is 95.9 Å². The van der Waals surface area contributed by atoms with E-state index in [4.69, 9.17) is 9.47 Å². The molecule has 6 N–H and O–H groups in total. The van der Waals surface area contributed by atoms with Gasteiger partial charge in [0.05, 0.1) is 24.4 Å². The van der Waals surface area contributed by atoms with Crippen molar-refractivity contribution in [1.29, 1.82) is 0 Å². The number of hydrogen-bond donors (Lipinski definition) is 6. The lowest BCUT2D eigenvalue weighted by molar-refractivity contribution is -0.130. The van der Waals surface area contributed by atoms with Crippen LogP contribution < -0.4 is 26.2 Å². The first-order chi connectivity index (χ1) is 28.6. The molecule has 1 aliphatic rings. The van der Waals surface area contributed by atoms with E-state index < -0.39 is 12.2 Å². The minimum absolute atomic E-state index is 0.00875. The third-order valence-corrected chi connectivity index (χ3v) is 10.5. The van der Waals surface area contributed by atoms with Crippen molar-refractivity contribution in [2.75, 3.05) is 57.5 Å². The topological polar surface area (TPSA) is 186 Å². The molecule has 0 saturated carbocycles. The zero-order valence-electron chi connectivity index (χ0n) is 33.4. The number of likely N-dealkylation sites (tertiary alicyclic amines) is 1. The summed E-state index contributed by atoms with van der Waals surface area (Å²) in [4.78, 5) is 56.7. The quantitative estimate of drug-likeness (QED) is 0.0650. The number of aromatic amines is 1. The van der Waals surface area contributed by atoms with Crippen LogP contribution in [-0.2, 0) is 20.9 Å². The van der Waals surface area contributed by atoms with Gasteiger partial charge in [0.15, 0.2) is 0 Å². The zero-order valence-corrected chi connectivity index (χ0v) is 33.4. The second-order valence-corrected chi connectivity index (χ2v) is 14.7. The van der Waals surface area contributed by atoms with Crippen LogP contribution in [0.4, 0.5) is 16.2 Å². The van der Waals surface area contributed by atoms with Gasteiger partial charge in [-0.1, -0.05) is 60.7 Å². The number of anilines is 2. The molecule has 5 aromatic rings. The monoisotopic (exact) mass is 804 g/mol. The van der Waals surface area contributed by atoms with Crippen LogP contribution in [0.2, 0.25) is 0 Å². The number of aliphatic hydroxyl groups is 1. The van der Waals surface area contributed by atoms with Gasteiger partial charge in [-0.2, -0.15) is 0 Å². The molecule has 0 bridgehead atoms. The van der Waals surface area contributed by atoms with E-state index in [1.807, 2.05) is 60.7 Å². The van der Waals surface area contributed by atoms with Gasteiger partial charge in [-0.25, -0.2) is 4.79 Å². The van der Waals surface area contributed by atoms with Gasteiger partial charge in [0.25, 0.3) is 0 Å². The molecule has 14 heteroatoms. The molecule has 1 atom stereocenters. The normalized spacial score (nSPS) is 13.7. The average Bonchev–Trinajstić information content (AvgIpc) is 3.24. The molecular weight excluding hydrogens is 753 g/mol. The molecule has 1 saturated heterocycles. The summed E-state index contributed by atoms with van der Waals surface area (Å²) in [5, 5.41) is 30.6. The van der Waals surface area contributed by atoms with Crippen molar-refractivity contribution in [1.82, 2.24) is 20.1 Å². The summed E-state index contributed by atoms with van der Waals surface area (Å²) in [5.74, 6) is 0.318. The van der Waals surface area contributed by atoms with E-state index in [2.05, 4.69) is 25.8 Å². The van der Waals surface area contributed by atoms with E-state index in [-0.39, 0.29) is 47.7 Å². The summed E-state index contributed by atoms with van der Waals surface area (Å²) < 4.78 is 11.3. The van der Waals surface area contributed by atoms with Gasteiger partial charge in [-0.05, 0) is 54.7 Å². The Morgan fingerprint density at radius 3 is 2.47 bits per heavy atom. The molecule has 3 amide bonds. The molecule has 1 fully saturated rings. The van der Waals surface area contributed by atoms with Crippen molar-refractivity contribution in [3.05, 3.63) is 119 Å². The Labute approximate surface area is 343 Å². The van der Waals surface area contributed by atoms with Crippen molar-refractivity contribution in [2.24, 2.45) is 0 Å². The van der Waals surface area contributed by atoms with Crippen molar-refractivity contribution in [2.45, 2.75) is 50.9 Å². The molecule has 0 aliphatic carbocycles. The molecule has 310 valence electrons. The van der Waals surface area contributed by atoms with E-state index in [0.717, 1.165) is 29.8 Å². The number of aromatic hydroxyl groups is 1. The molecule has 2 heterocycles. The second-order valence-electron chi connectivity index (χ2n) is 14.7. The molecule has 0 unspecified atom stereocenters. The Hall–Kier alpha value is -6.22. The van der Waals surface area contributed by atoms with Crippen LogP contribution in [0.3, 0.4) is 0 Å². The van der Waals surface area contributed by atoms with Crippen LogP contribution in [0.5, 0.6) is 11.5 Å². The predicted octanol–water partition coefficient (Wildman–Crippen LogP) is 6.01. The number of aliphatic hydroxyl groups excluding tert-OH is 1. The predicted molar refractivity (Wildman–Crippen MR) is 227 cm³/mol. The SMILES string of the molecule is COc1cc(NC(=O)CCCN(C)C(=O)CCN2CCC(OC(=O)Nc3ccccc3-c3ccccc3)CC2)ccc1CNC[C@@H](O)c1ccc(O)c2[nH]c(=O)ccc12. The summed E-state index contributed by atoms with van der Waals surface area (Å²) in [6.45, 7) is 3.08. The molecule has 0 spiro atoms. The fraction of sp³-hybridized carbons (Fsp3) is 0.333. The van der Waals surface area contributed by atoms with Crippen LogP contribution >= 0.6 is 0 Å². The maximum atomic E-state index is 12.9. The largest absolute Gasteiger partial charge is 0.506 e. The molecule has 0 radical (unpaired) electrons. The van der Waals surface area contributed by atoms with Gasteiger partial charge in [0.2, 0.25) is 17.4 Å². The van der Waals surface area contributed by atoms with Gasteiger partial charge in [0.1, 0.15) is 17.6 Å². The zero-order chi connectivity index (χ0) is 41.7. The molecule has 14 nitrogen and oxygen atoms in total. The van der Waals surface area contributed by atoms with Crippen molar-refractivity contribution in [3.8, 4) is 22.6 Å². The smallest absolute Gasteiger partial charge is 0.411 e. The Morgan fingerprint density at radius 1 is 0.932 bits per heavy atom. The number of piperidine rings is 1. The highest BCUT2D eigenvalue weighted by Gasteiger charge is 2.24.